The van der Waals surface area contributed by atoms with Crippen LogP contribution in [0.4, 0.5) is 0 Å². The Labute approximate surface area is 90.2 Å². The average molecular weight is 200 g/mol. The Hall–Kier alpha value is -0.0400. The lowest BCUT2D eigenvalue weighted by Gasteiger charge is -2.43. The molecule has 0 aromatic rings. The first-order chi connectivity index (χ1) is 6.11. The lowest BCUT2D eigenvalue weighted by Crippen LogP contribution is -2.44. The van der Waals surface area contributed by atoms with E-state index in [-0.39, 0.29) is 7.43 Å². The summed E-state index contributed by atoms with van der Waals surface area (Å²) in [6.45, 7) is 11.5. The van der Waals surface area contributed by atoms with Gasteiger partial charge >= 0.3 is 0 Å². The van der Waals surface area contributed by atoms with E-state index in [0.29, 0.717) is 12.2 Å². The molecule has 0 saturated carbocycles. The van der Waals surface area contributed by atoms with Gasteiger partial charge in [-0.25, -0.2) is 0 Å². The van der Waals surface area contributed by atoms with E-state index < -0.39 is 0 Å². The maximum atomic E-state index is 6.08. The number of hydrogen-bond donors (Lipinski definition) is 0. The van der Waals surface area contributed by atoms with Crippen molar-refractivity contribution in [1.29, 1.82) is 0 Å². The summed E-state index contributed by atoms with van der Waals surface area (Å²) in [5.74, 6) is 2.26. The van der Waals surface area contributed by atoms with Gasteiger partial charge in [-0.15, -0.1) is 0 Å². The van der Waals surface area contributed by atoms with E-state index in [1.54, 1.807) is 0 Å². The molecule has 1 aliphatic heterocycles. The molecule has 0 N–H and O–H groups in total. The first-order valence-electron chi connectivity index (χ1n) is 5.77. The first kappa shape index (κ1) is 14.0. The van der Waals surface area contributed by atoms with Crippen molar-refractivity contribution in [3.8, 4) is 0 Å². The second-order valence-electron chi connectivity index (χ2n) is 4.61. The van der Waals surface area contributed by atoms with Crippen LogP contribution in [0.1, 0.15) is 54.9 Å². The number of hydrogen-bond acceptors (Lipinski definition) is 1. The van der Waals surface area contributed by atoms with Gasteiger partial charge in [0.1, 0.15) is 0 Å². The maximum Gasteiger partial charge on any atom is 0.0604 e. The molecular weight excluding hydrogens is 172 g/mol. The standard InChI is InChI=1S/C12H24O.CH4/c1-6-11-9(4)8(3)10(5)12(7-2)13-11;/h8-12H,6-7H2,1-5H3;1H4/t8?,9-,10+,11+,12-;. The van der Waals surface area contributed by atoms with Crippen LogP contribution in [0.3, 0.4) is 0 Å². The van der Waals surface area contributed by atoms with Gasteiger partial charge in [0.25, 0.3) is 0 Å². The normalized spacial score (nSPS) is 43.1. The van der Waals surface area contributed by atoms with Gasteiger partial charge in [0.15, 0.2) is 0 Å². The molecule has 1 nitrogen and oxygen atoms in total. The predicted octanol–water partition coefficient (Wildman–Crippen LogP) is 4.12. The minimum atomic E-state index is 0. The third-order valence-electron chi connectivity index (χ3n) is 3.99. The Morgan fingerprint density at radius 2 is 1.14 bits per heavy atom. The van der Waals surface area contributed by atoms with Crippen LogP contribution in [-0.2, 0) is 4.74 Å². The van der Waals surface area contributed by atoms with E-state index in [4.69, 9.17) is 4.74 Å². The molecule has 1 unspecified atom stereocenters. The topological polar surface area (TPSA) is 9.23 Å². The van der Waals surface area contributed by atoms with Crippen molar-refractivity contribution < 1.29 is 4.74 Å². The van der Waals surface area contributed by atoms with Gasteiger partial charge < -0.3 is 4.74 Å². The minimum Gasteiger partial charge on any atom is -0.374 e. The molecule has 86 valence electrons. The average Bonchev–Trinajstić information content (AvgIpc) is 2.15. The van der Waals surface area contributed by atoms with Gasteiger partial charge in [-0.2, -0.15) is 0 Å². The van der Waals surface area contributed by atoms with Crippen molar-refractivity contribution in [2.45, 2.75) is 67.1 Å². The SMILES string of the molecule is C.CC[C@@H]1O[C@H](CC)[C@@H](C)C(C)[C@H]1C. The molecule has 0 aliphatic carbocycles. The first-order valence-corrected chi connectivity index (χ1v) is 5.77. The molecule has 5 atom stereocenters. The van der Waals surface area contributed by atoms with Crippen molar-refractivity contribution in [3.05, 3.63) is 0 Å². The van der Waals surface area contributed by atoms with Gasteiger partial charge in [0, 0.05) is 0 Å². The lowest BCUT2D eigenvalue weighted by molar-refractivity contribution is -0.134. The molecule has 0 radical (unpaired) electrons. The zero-order valence-corrected chi connectivity index (χ0v) is 9.71. The second-order valence-corrected chi connectivity index (χ2v) is 4.61. The van der Waals surface area contributed by atoms with Gasteiger partial charge in [0.05, 0.1) is 12.2 Å². The van der Waals surface area contributed by atoms with Crippen molar-refractivity contribution in [3.63, 3.8) is 0 Å². The molecule has 0 amide bonds. The third-order valence-corrected chi connectivity index (χ3v) is 3.99. The Kier molecular flexibility index (Phi) is 5.73. The van der Waals surface area contributed by atoms with Gasteiger partial charge in [0.2, 0.25) is 0 Å². The summed E-state index contributed by atoms with van der Waals surface area (Å²) >= 11 is 0. The summed E-state index contributed by atoms with van der Waals surface area (Å²) in [6, 6.07) is 0. The van der Waals surface area contributed by atoms with Crippen LogP contribution >= 0.6 is 0 Å². The highest BCUT2D eigenvalue weighted by Gasteiger charge is 2.36. The Morgan fingerprint density at radius 3 is 1.43 bits per heavy atom. The molecule has 1 heterocycles. The molecule has 0 aromatic heterocycles. The fourth-order valence-electron chi connectivity index (χ4n) is 2.56. The zero-order valence-electron chi connectivity index (χ0n) is 9.71. The molecular formula is C13H28O. The highest BCUT2D eigenvalue weighted by atomic mass is 16.5. The Morgan fingerprint density at radius 1 is 0.786 bits per heavy atom. The summed E-state index contributed by atoms with van der Waals surface area (Å²) in [5.41, 5.74) is 0. The van der Waals surface area contributed by atoms with E-state index in [0.717, 1.165) is 30.6 Å². The van der Waals surface area contributed by atoms with Crippen molar-refractivity contribution >= 4 is 0 Å². The van der Waals surface area contributed by atoms with Gasteiger partial charge in [-0.1, -0.05) is 42.0 Å². The van der Waals surface area contributed by atoms with Crippen molar-refractivity contribution in [1.82, 2.24) is 0 Å². The lowest BCUT2D eigenvalue weighted by atomic mass is 9.75. The summed E-state index contributed by atoms with van der Waals surface area (Å²) in [4.78, 5) is 0. The van der Waals surface area contributed by atoms with Crippen LogP contribution in [-0.4, -0.2) is 12.2 Å². The number of rotatable bonds is 2. The van der Waals surface area contributed by atoms with Gasteiger partial charge in [-0.05, 0) is 30.6 Å². The zero-order chi connectivity index (χ0) is 10.0. The summed E-state index contributed by atoms with van der Waals surface area (Å²) in [5, 5.41) is 0. The summed E-state index contributed by atoms with van der Waals surface area (Å²) in [6.07, 6.45) is 3.32. The molecule has 1 rings (SSSR count). The smallest absolute Gasteiger partial charge is 0.0604 e. The summed E-state index contributed by atoms with van der Waals surface area (Å²) < 4.78 is 6.08. The quantitative estimate of drug-likeness (QED) is 0.651. The molecule has 1 fully saturated rings. The fraction of sp³-hybridized carbons (Fsp3) is 1.00. The van der Waals surface area contributed by atoms with E-state index in [2.05, 4.69) is 34.6 Å². The third kappa shape index (κ3) is 2.50. The van der Waals surface area contributed by atoms with E-state index >= 15 is 0 Å². The molecule has 1 saturated heterocycles. The fourth-order valence-corrected chi connectivity index (χ4v) is 2.56. The molecule has 0 aromatic carbocycles. The van der Waals surface area contributed by atoms with Crippen molar-refractivity contribution in [2.75, 3.05) is 0 Å². The maximum absolute atomic E-state index is 6.08. The molecule has 0 spiro atoms. The second kappa shape index (κ2) is 5.75. The van der Waals surface area contributed by atoms with Crippen molar-refractivity contribution in [2.24, 2.45) is 17.8 Å². The van der Waals surface area contributed by atoms with Crippen LogP contribution in [0.2, 0.25) is 0 Å². The van der Waals surface area contributed by atoms with Crippen LogP contribution in [0, 0.1) is 17.8 Å². The molecule has 0 bridgehead atoms. The highest BCUT2D eigenvalue weighted by molar-refractivity contribution is 4.84. The predicted molar refractivity (Wildman–Crippen MR) is 63.5 cm³/mol. The Balaban J connectivity index is 0.00000169. The Bertz CT molecular complexity index is 135. The van der Waals surface area contributed by atoms with Crippen LogP contribution < -0.4 is 0 Å². The highest BCUT2D eigenvalue weighted by Crippen LogP contribution is 2.36. The van der Waals surface area contributed by atoms with Gasteiger partial charge in [-0.3, -0.25) is 0 Å². The van der Waals surface area contributed by atoms with Crippen LogP contribution in [0.15, 0.2) is 0 Å². The van der Waals surface area contributed by atoms with E-state index in [1.165, 1.54) is 0 Å². The molecule has 14 heavy (non-hydrogen) atoms. The van der Waals surface area contributed by atoms with E-state index in [9.17, 15) is 0 Å². The van der Waals surface area contributed by atoms with Crippen LogP contribution in [0.5, 0.6) is 0 Å². The monoisotopic (exact) mass is 200 g/mol. The van der Waals surface area contributed by atoms with Crippen LogP contribution in [0.25, 0.3) is 0 Å². The molecule has 1 aliphatic rings. The number of ether oxygens (including phenoxy) is 1. The van der Waals surface area contributed by atoms with E-state index in [1.807, 2.05) is 0 Å². The molecule has 1 heteroatoms. The largest absolute Gasteiger partial charge is 0.374 e. The minimum absolute atomic E-state index is 0. The summed E-state index contributed by atoms with van der Waals surface area (Å²) in [7, 11) is 0.